The molecule has 2 aromatic heterocycles. The topological polar surface area (TPSA) is 37.3 Å². The molecule has 0 saturated carbocycles. The lowest BCUT2D eigenvalue weighted by molar-refractivity contribution is 1.04. The van der Waals surface area contributed by atoms with E-state index in [9.17, 15) is 0 Å². The van der Waals surface area contributed by atoms with Crippen LogP contribution in [0.25, 0.3) is 0 Å². The van der Waals surface area contributed by atoms with Gasteiger partial charge in [-0.3, -0.25) is 9.98 Å². The van der Waals surface area contributed by atoms with E-state index < -0.39 is 0 Å². The van der Waals surface area contributed by atoms with Crippen LogP contribution in [0.4, 0.5) is 5.00 Å². The van der Waals surface area contributed by atoms with E-state index in [1.54, 1.807) is 0 Å². The minimum absolute atomic E-state index is 0.800. The van der Waals surface area contributed by atoms with Crippen molar-refractivity contribution in [1.29, 1.82) is 0 Å². The smallest absolute Gasteiger partial charge is 0.0982 e. The van der Waals surface area contributed by atoms with E-state index in [2.05, 4.69) is 28.3 Å². The van der Waals surface area contributed by atoms with Gasteiger partial charge in [0.15, 0.2) is 0 Å². The first kappa shape index (κ1) is 11.4. The zero-order valence-electron chi connectivity index (χ0n) is 10.3. The molecule has 1 aliphatic heterocycles. The van der Waals surface area contributed by atoms with Gasteiger partial charge in [-0.2, -0.15) is 0 Å². The van der Waals surface area contributed by atoms with Crippen LogP contribution in [-0.2, 0) is 6.42 Å². The Hall–Kier alpha value is -1.68. The maximum Gasteiger partial charge on any atom is 0.0982 e. The molecule has 4 heteroatoms. The molecular formula is C14H15N3S. The maximum absolute atomic E-state index is 4.68. The van der Waals surface area contributed by atoms with E-state index in [0.717, 1.165) is 30.9 Å². The highest BCUT2D eigenvalue weighted by atomic mass is 32.1. The van der Waals surface area contributed by atoms with Crippen molar-refractivity contribution in [3.8, 4) is 0 Å². The van der Waals surface area contributed by atoms with Crippen LogP contribution in [0, 0.1) is 0 Å². The van der Waals surface area contributed by atoms with E-state index in [1.807, 2.05) is 35.7 Å². The number of hydrogen-bond acceptors (Lipinski definition) is 4. The number of nitrogens with zero attached hydrogens (tertiary/aromatic N) is 2. The van der Waals surface area contributed by atoms with Crippen LogP contribution in [0.5, 0.6) is 0 Å². The van der Waals surface area contributed by atoms with Gasteiger partial charge in [0.25, 0.3) is 0 Å². The molecule has 3 heterocycles. The molecule has 0 amide bonds. The number of anilines is 1. The van der Waals surface area contributed by atoms with E-state index in [4.69, 9.17) is 0 Å². The third kappa shape index (κ3) is 2.04. The Morgan fingerprint density at radius 3 is 3.11 bits per heavy atom. The van der Waals surface area contributed by atoms with Crippen molar-refractivity contribution in [2.75, 3.05) is 18.4 Å². The third-order valence-corrected chi connectivity index (χ3v) is 4.20. The summed E-state index contributed by atoms with van der Waals surface area (Å²) in [5.74, 6) is 0. The number of rotatable bonds is 2. The van der Waals surface area contributed by atoms with Gasteiger partial charge in [-0.25, -0.2) is 0 Å². The van der Waals surface area contributed by atoms with Gasteiger partial charge in [0, 0.05) is 23.2 Å². The predicted octanol–water partition coefficient (Wildman–Crippen LogP) is 2.97. The first-order valence-electron chi connectivity index (χ1n) is 6.21. The molecule has 0 aliphatic carbocycles. The van der Waals surface area contributed by atoms with Gasteiger partial charge < -0.3 is 5.32 Å². The zero-order chi connectivity index (χ0) is 12.4. The van der Waals surface area contributed by atoms with Crippen LogP contribution in [-0.4, -0.2) is 23.8 Å². The first-order chi connectivity index (χ1) is 8.88. The molecule has 3 rings (SSSR count). The zero-order valence-corrected chi connectivity index (χ0v) is 11.1. The lowest BCUT2D eigenvalue weighted by atomic mass is 10.1. The molecule has 0 spiro atoms. The monoisotopic (exact) mass is 257 g/mol. The van der Waals surface area contributed by atoms with Crippen LogP contribution < -0.4 is 5.32 Å². The van der Waals surface area contributed by atoms with Crippen molar-refractivity contribution in [1.82, 2.24) is 4.98 Å². The molecule has 3 nitrogen and oxygen atoms in total. The molecule has 0 unspecified atom stereocenters. The van der Waals surface area contributed by atoms with Crippen molar-refractivity contribution in [3.63, 3.8) is 0 Å². The summed E-state index contributed by atoms with van der Waals surface area (Å²) in [6.45, 7) is 3.88. The van der Waals surface area contributed by atoms with Gasteiger partial charge in [-0.15, -0.1) is 11.3 Å². The molecular weight excluding hydrogens is 242 g/mol. The van der Waals surface area contributed by atoms with Crippen LogP contribution in [0.15, 0.2) is 35.5 Å². The lowest BCUT2D eigenvalue weighted by Crippen LogP contribution is -2.04. The van der Waals surface area contributed by atoms with Crippen molar-refractivity contribution in [2.45, 2.75) is 13.3 Å². The first-order valence-corrected chi connectivity index (χ1v) is 7.03. The molecule has 1 N–H and O–H groups in total. The second kappa shape index (κ2) is 4.90. The molecule has 0 fully saturated rings. The molecule has 92 valence electrons. The fraction of sp³-hybridized carbons (Fsp3) is 0.286. The summed E-state index contributed by atoms with van der Waals surface area (Å²) >= 11 is 1.83. The Morgan fingerprint density at radius 2 is 2.33 bits per heavy atom. The molecule has 0 radical (unpaired) electrons. The number of thiophene rings is 1. The van der Waals surface area contributed by atoms with Gasteiger partial charge in [-0.05, 0) is 24.6 Å². The van der Waals surface area contributed by atoms with Crippen LogP contribution >= 0.6 is 11.3 Å². The van der Waals surface area contributed by atoms with Crippen molar-refractivity contribution in [2.24, 2.45) is 4.99 Å². The molecule has 0 atom stereocenters. The van der Waals surface area contributed by atoms with E-state index in [1.165, 1.54) is 15.4 Å². The molecule has 1 aliphatic rings. The fourth-order valence-corrected chi connectivity index (χ4v) is 3.09. The van der Waals surface area contributed by atoms with Crippen molar-refractivity contribution in [3.05, 3.63) is 46.6 Å². The number of pyridine rings is 1. The highest BCUT2D eigenvalue weighted by molar-refractivity contribution is 7.16. The fourth-order valence-electron chi connectivity index (χ4n) is 2.07. The lowest BCUT2D eigenvalue weighted by Gasteiger charge is -2.03. The average molecular weight is 257 g/mol. The van der Waals surface area contributed by atoms with Crippen LogP contribution in [0.3, 0.4) is 0 Å². The van der Waals surface area contributed by atoms with E-state index >= 15 is 0 Å². The van der Waals surface area contributed by atoms with Gasteiger partial charge in [-0.1, -0.05) is 13.0 Å². The number of nitrogens with one attached hydrogen (secondary N) is 1. The van der Waals surface area contributed by atoms with Crippen LogP contribution in [0.2, 0.25) is 0 Å². The number of aryl methyl sites for hydroxylation is 1. The molecule has 0 saturated heterocycles. The Balaban J connectivity index is 2.10. The Morgan fingerprint density at radius 1 is 1.39 bits per heavy atom. The second-order valence-corrected chi connectivity index (χ2v) is 5.32. The minimum atomic E-state index is 0.800. The predicted molar refractivity (Wildman–Crippen MR) is 76.9 cm³/mol. The number of hydrogen-bond donors (Lipinski definition) is 1. The van der Waals surface area contributed by atoms with E-state index in [-0.39, 0.29) is 0 Å². The quantitative estimate of drug-likeness (QED) is 0.898. The molecule has 2 aromatic rings. The highest BCUT2D eigenvalue weighted by Gasteiger charge is 2.18. The van der Waals surface area contributed by atoms with Crippen molar-refractivity contribution < 1.29 is 0 Å². The van der Waals surface area contributed by atoms with Gasteiger partial charge in [0.1, 0.15) is 0 Å². The summed E-state index contributed by atoms with van der Waals surface area (Å²) in [7, 11) is 0. The van der Waals surface area contributed by atoms with Gasteiger partial charge in [0.05, 0.1) is 23.0 Å². The summed E-state index contributed by atoms with van der Waals surface area (Å²) in [5.41, 5.74) is 3.18. The minimum Gasteiger partial charge on any atom is -0.375 e. The second-order valence-electron chi connectivity index (χ2n) is 4.18. The maximum atomic E-state index is 4.68. The molecule has 0 bridgehead atoms. The number of fused-ring (bicyclic) bond motifs is 1. The third-order valence-electron chi connectivity index (χ3n) is 2.96. The normalized spacial score (nSPS) is 14.4. The van der Waals surface area contributed by atoms with Gasteiger partial charge in [0.2, 0.25) is 0 Å². The summed E-state index contributed by atoms with van der Waals surface area (Å²) in [6, 6.07) is 8.21. The summed E-state index contributed by atoms with van der Waals surface area (Å²) in [6.07, 6.45) is 2.89. The number of aliphatic imine (C=N–C) groups is 1. The van der Waals surface area contributed by atoms with Crippen molar-refractivity contribution >= 4 is 22.0 Å². The number of aromatic nitrogens is 1. The largest absolute Gasteiger partial charge is 0.375 e. The Kier molecular flexibility index (Phi) is 3.11. The summed E-state index contributed by atoms with van der Waals surface area (Å²) in [5, 5.41) is 4.69. The SMILES string of the molecule is CCc1cc2c(s1)NCCN=C2c1ccccn1. The van der Waals surface area contributed by atoms with E-state index in [0.29, 0.717) is 0 Å². The molecule has 0 aromatic carbocycles. The van der Waals surface area contributed by atoms with Gasteiger partial charge >= 0.3 is 0 Å². The summed E-state index contributed by atoms with van der Waals surface area (Å²) < 4.78 is 0. The molecule has 18 heavy (non-hydrogen) atoms. The highest BCUT2D eigenvalue weighted by Crippen LogP contribution is 2.31. The average Bonchev–Trinajstić information content (AvgIpc) is 2.73. The van der Waals surface area contributed by atoms with Crippen LogP contribution in [0.1, 0.15) is 23.1 Å². The Bertz CT molecular complexity index is 572. The standard InChI is InChI=1S/C14H15N3S/c1-2-10-9-11-13(12-5-3-4-6-15-12)16-7-8-17-14(11)18-10/h3-6,9,17H,2,7-8H2,1H3. The summed E-state index contributed by atoms with van der Waals surface area (Å²) in [4.78, 5) is 10.5. The Labute approximate surface area is 111 Å².